The first-order valence-corrected chi connectivity index (χ1v) is 8.43. The van der Waals surface area contributed by atoms with Gasteiger partial charge in [0, 0.05) is 29.2 Å². The quantitative estimate of drug-likeness (QED) is 0.547. The molecule has 2 heterocycles. The predicted molar refractivity (Wildman–Crippen MR) is 99.3 cm³/mol. The van der Waals surface area contributed by atoms with E-state index in [1.807, 2.05) is 12.1 Å². The molecule has 0 spiro atoms. The first kappa shape index (κ1) is 16.0. The number of fused-ring (bicyclic) bond motifs is 2. The van der Waals surface area contributed by atoms with Crippen LogP contribution in [0.15, 0.2) is 36.5 Å². The average molecular weight is 353 g/mol. The van der Waals surface area contributed by atoms with Crippen LogP contribution in [0.25, 0.3) is 10.9 Å². The second-order valence-corrected chi connectivity index (χ2v) is 6.41. The Morgan fingerprint density at radius 2 is 2.12 bits per heavy atom. The summed E-state index contributed by atoms with van der Waals surface area (Å²) < 4.78 is 0. The van der Waals surface area contributed by atoms with E-state index in [2.05, 4.69) is 50.9 Å². The number of nitrogens with one attached hydrogen (secondary N) is 3. The summed E-state index contributed by atoms with van der Waals surface area (Å²) in [6.07, 6.45) is 1.77. The molecule has 126 valence electrons. The number of H-pyrrole nitrogens is 1. The number of aromatic nitrogens is 2. The molecule has 3 aromatic rings. The number of halogens is 1. The zero-order chi connectivity index (χ0) is 17.2. The Bertz CT molecular complexity index is 986. The van der Waals surface area contributed by atoms with Gasteiger partial charge in [0.15, 0.2) is 0 Å². The normalized spacial score (nSPS) is 14.0. The molecule has 1 aliphatic rings. The molecule has 0 saturated carbocycles. The predicted octanol–water partition coefficient (Wildman–Crippen LogP) is 2.97. The van der Waals surface area contributed by atoms with Gasteiger partial charge in [-0.05, 0) is 41.0 Å². The molecule has 2 aromatic carbocycles. The van der Waals surface area contributed by atoms with Crippen molar-refractivity contribution in [3.05, 3.63) is 58.2 Å². The first-order chi connectivity index (χ1) is 12.2. The molecule has 0 amide bonds. The van der Waals surface area contributed by atoms with Crippen LogP contribution in [-0.2, 0) is 13.1 Å². The van der Waals surface area contributed by atoms with Crippen molar-refractivity contribution in [1.29, 1.82) is 0 Å². The van der Waals surface area contributed by atoms with E-state index in [0.717, 1.165) is 35.2 Å². The summed E-state index contributed by atoms with van der Waals surface area (Å²) in [5, 5.41) is 24.5. The van der Waals surface area contributed by atoms with Crippen molar-refractivity contribution in [2.24, 2.45) is 0 Å². The van der Waals surface area contributed by atoms with Gasteiger partial charge in [-0.3, -0.25) is 5.10 Å². The number of hydrogen-bond donors (Lipinski definition) is 4. The fourth-order valence-corrected chi connectivity index (χ4v) is 3.40. The lowest BCUT2D eigenvalue weighted by molar-refractivity contribution is 0.350. The van der Waals surface area contributed by atoms with Gasteiger partial charge in [0.05, 0.1) is 11.7 Å². The SMILES string of the molecule is OCC#C[C@H](Nc1ccc2c(c1)CNC2)c1cc(Cl)cc2[nH]ncc12. The van der Waals surface area contributed by atoms with Crippen LogP contribution in [0, 0.1) is 11.8 Å². The summed E-state index contributed by atoms with van der Waals surface area (Å²) in [6, 6.07) is 9.73. The molecule has 0 fully saturated rings. The third-order valence-corrected chi connectivity index (χ3v) is 4.56. The van der Waals surface area contributed by atoms with Gasteiger partial charge in [-0.1, -0.05) is 29.5 Å². The molecule has 0 bridgehead atoms. The van der Waals surface area contributed by atoms with Gasteiger partial charge in [0.1, 0.15) is 12.6 Å². The van der Waals surface area contributed by atoms with Crippen LogP contribution in [0.2, 0.25) is 5.02 Å². The maximum Gasteiger partial charge on any atom is 0.114 e. The first-order valence-electron chi connectivity index (χ1n) is 8.05. The Balaban J connectivity index is 1.74. The Hall–Kier alpha value is -2.52. The molecule has 0 aliphatic carbocycles. The molecule has 1 aromatic heterocycles. The fourth-order valence-electron chi connectivity index (χ4n) is 3.17. The average Bonchev–Trinajstić information content (AvgIpc) is 3.26. The second kappa shape index (κ2) is 6.77. The maximum absolute atomic E-state index is 9.13. The number of benzene rings is 2. The van der Waals surface area contributed by atoms with E-state index in [1.54, 1.807) is 6.20 Å². The van der Waals surface area contributed by atoms with Crippen LogP contribution >= 0.6 is 11.6 Å². The van der Waals surface area contributed by atoms with E-state index in [0.29, 0.717) is 5.02 Å². The molecule has 0 saturated heterocycles. The number of aromatic amines is 1. The molecular weight excluding hydrogens is 336 g/mol. The van der Waals surface area contributed by atoms with E-state index in [-0.39, 0.29) is 12.6 Å². The van der Waals surface area contributed by atoms with Gasteiger partial charge in [-0.25, -0.2) is 0 Å². The van der Waals surface area contributed by atoms with E-state index < -0.39 is 0 Å². The van der Waals surface area contributed by atoms with Crippen molar-refractivity contribution in [3.63, 3.8) is 0 Å². The van der Waals surface area contributed by atoms with Gasteiger partial charge < -0.3 is 15.7 Å². The van der Waals surface area contributed by atoms with Crippen LogP contribution in [0.4, 0.5) is 5.69 Å². The van der Waals surface area contributed by atoms with Crippen LogP contribution in [0.1, 0.15) is 22.7 Å². The monoisotopic (exact) mass is 352 g/mol. The molecule has 1 atom stereocenters. The minimum absolute atomic E-state index is 0.193. The number of aliphatic hydroxyl groups excluding tert-OH is 1. The Kier molecular flexibility index (Phi) is 4.33. The lowest BCUT2D eigenvalue weighted by Gasteiger charge is -2.17. The number of aliphatic hydroxyl groups is 1. The molecule has 0 unspecified atom stereocenters. The van der Waals surface area contributed by atoms with Crippen LogP contribution in [0.3, 0.4) is 0 Å². The summed E-state index contributed by atoms with van der Waals surface area (Å²) in [7, 11) is 0. The minimum atomic E-state index is -0.307. The van der Waals surface area contributed by atoms with Crippen molar-refractivity contribution < 1.29 is 5.11 Å². The highest BCUT2D eigenvalue weighted by Crippen LogP contribution is 2.30. The van der Waals surface area contributed by atoms with Crippen LogP contribution in [-0.4, -0.2) is 21.9 Å². The summed E-state index contributed by atoms with van der Waals surface area (Å²) >= 11 is 6.26. The van der Waals surface area contributed by atoms with Gasteiger partial charge >= 0.3 is 0 Å². The highest BCUT2D eigenvalue weighted by molar-refractivity contribution is 6.31. The molecule has 1 aliphatic heterocycles. The Morgan fingerprint density at radius 1 is 1.24 bits per heavy atom. The minimum Gasteiger partial charge on any atom is -0.384 e. The van der Waals surface area contributed by atoms with Crippen molar-refractivity contribution in [2.75, 3.05) is 11.9 Å². The molecule has 4 N–H and O–H groups in total. The standard InChI is InChI=1S/C19H17ClN4O/c20-14-7-16(17-11-22-24-19(17)8-14)18(2-1-5-25)23-15-4-3-12-9-21-10-13(12)6-15/h3-4,6-8,11,18,21,23,25H,5,9-10H2,(H,22,24)/t18-/m0/s1. The number of nitrogens with zero attached hydrogens (tertiary/aromatic N) is 1. The topological polar surface area (TPSA) is 73.0 Å². The molecule has 25 heavy (non-hydrogen) atoms. The van der Waals surface area contributed by atoms with Crippen molar-refractivity contribution in [2.45, 2.75) is 19.1 Å². The third kappa shape index (κ3) is 3.20. The van der Waals surface area contributed by atoms with Gasteiger partial charge in [-0.2, -0.15) is 5.10 Å². The number of anilines is 1. The number of hydrogen-bond acceptors (Lipinski definition) is 4. The smallest absolute Gasteiger partial charge is 0.114 e. The molecule has 0 radical (unpaired) electrons. The Morgan fingerprint density at radius 3 is 3.00 bits per heavy atom. The van der Waals surface area contributed by atoms with E-state index in [9.17, 15) is 0 Å². The summed E-state index contributed by atoms with van der Waals surface area (Å²) in [5.74, 6) is 5.84. The van der Waals surface area contributed by atoms with E-state index in [1.165, 1.54) is 11.1 Å². The van der Waals surface area contributed by atoms with Gasteiger partial charge in [0.25, 0.3) is 0 Å². The van der Waals surface area contributed by atoms with Gasteiger partial charge in [-0.15, -0.1) is 0 Å². The van der Waals surface area contributed by atoms with Crippen LogP contribution in [0.5, 0.6) is 0 Å². The summed E-state index contributed by atoms with van der Waals surface area (Å²) in [5.41, 5.74) is 5.38. The highest BCUT2D eigenvalue weighted by Gasteiger charge is 2.16. The van der Waals surface area contributed by atoms with Crippen molar-refractivity contribution in [3.8, 4) is 11.8 Å². The lowest BCUT2D eigenvalue weighted by Crippen LogP contribution is -2.10. The van der Waals surface area contributed by atoms with Crippen LogP contribution < -0.4 is 10.6 Å². The third-order valence-electron chi connectivity index (χ3n) is 4.34. The summed E-state index contributed by atoms with van der Waals surface area (Å²) in [6.45, 7) is 1.59. The van der Waals surface area contributed by atoms with E-state index >= 15 is 0 Å². The van der Waals surface area contributed by atoms with Crippen molar-refractivity contribution in [1.82, 2.24) is 15.5 Å². The molecule has 6 heteroatoms. The fraction of sp³-hybridized carbons (Fsp3) is 0.211. The highest BCUT2D eigenvalue weighted by atomic mass is 35.5. The molecule has 4 rings (SSSR count). The molecule has 5 nitrogen and oxygen atoms in total. The zero-order valence-electron chi connectivity index (χ0n) is 13.4. The molecular formula is C19H17ClN4O. The van der Waals surface area contributed by atoms with Crippen molar-refractivity contribution >= 4 is 28.2 Å². The number of rotatable bonds is 3. The Labute approximate surface area is 150 Å². The van der Waals surface area contributed by atoms with E-state index in [4.69, 9.17) is 16.7 Å². The largest absolute Gasteiger partial charge is 0.384 e. The lowest BCUT2D eigenvalue weighted by atomic mass is 10.0. The second-order valence-electron chi connectivity index (χ2n) is 5.97. The van der Waals surface area contributed by atoms with Gasteiger partial charge in [0.2, 0.25) is 0 Å². The maximum atomic E-state index is 9.13. The zero-order valence-corrected chi connectivity index (χ0v) is 14.2. The summed E-state index contributed by atoms with van der Waals surface area (Å²) in [4.78, 5) is 0.